The van der Waals surface area contributed by atoms with Crippen LogP contribution in [0.15, 0.2) is 18.5 Å². The van der Waals surface area contributed by atoms with Crippen LogP contribution in [-0.2, 0) is 4.74 Å². The number of hydrogen-bond donors (Lipinski definition) is 0. The molecule has 1 aliphatic rings. The van der Waals surface area contributed by atoms with Gasteiger partial charge in [-0.25, -0.2) is 4.98 Å². The molecule has 4 nitrogen and oxygen atoms in total. The number of rotatable bonds is 3. The Morgan fingerprint density at radius 1 is 1.35 bits per heavy atom. The Balaban J connectivity index is 2.05. The molecule has 20 heavy (non-hydrogen) atoms. The zero-order valence-electron chi connectivity index (χ0n) is 11.9. The second-order valence-electron chi connectivity index (χ2n) is 5.51. The highest BCUT2D eigenvalue weighted by Gasteiger charge is 2.26. The summed E-state index contributed by atoms with van der Waals surface area (Å²) in [5.41, 5.74) is 2.05. The van der Waals surface area contributed by atoms with Gasteiger partial charge in [0.25, 0.3) is 0 Å². The Hall–Kier alpha value is -1.13. The van der Waals surface area contributed by atoms with Gasteiger partial charge in [0.15, 0.2) is 0 Å². The maximum Gasteiger partial charge on any atom is 0.128 e. The van der Waals surface area contributed by atoms with Crippen molar-refractivity contribution in [3.05, 3.63) is 24.3 Å². The molecule has 2 aromatic heterocycles. The van der Waals surface area contributed by atoms with E-state index in [9.17, 15) is 0 Å². The number of ether oxygens (including phenoxy) is 1. The normalized spacial score (nSPS) is 20.1. The molecule has 0 radical (unpaired) electrons. The van der Waals surface area contributed by atoms with Crippen molar-refractivity contribution in [3.63, 3.8) is 0 Å². The smallest absolute Gasteiger partial charge is 0.128 e. The highest BCUT2D eigenvalue weighted by molar-refractivity contribution is 6.20. The van der Waals surface area contributed by atoms with Gasteiger partial charge in [0.05, 0.1) is 17.1 Å². The van der Waals surface area contributed by atoms with E-state index in [1.54, 1.807) is 0 Å². The highest BCUT2D eigenvalue weighted by atomic mass is 35.5. The molecule has 0 saturated carbocycles. The van der Waals surface area contributed by atoms with Crippen LogP contribution in [0.3, 0.4) is 0 Å². The Morgan fingerprint density at radius 2 is 2.10 bits per heavy atom. The summed E-state index contributed by atoms with van der Waals surface area (Å²) in [6.45, 7) is 5.95. The van der Waals surface area contributed by atoms with Gasteiger partial charge in [-0.05, 0) is 38.7 Å². The Labute approximate surface area is 124 Å². The van der Waals surface area contributed by atoms with Crippen LogP contribution in [0.5, 0.6) is 0 Å². The number of imidazole rings is 1. The van der Waals surface area contributed by atoms with Gasteiger partial charge in [0.2, 0.25) is 0 Å². The molecule has 2 atom stereocenters. The van der Waals surface area contributed by atoms with Crippen LogP contribution in [0.4, 0.5) is 0 Å². The van der Waals surface area contributed by atoms with Crippen molar-refractivity contribution in [1.29, 1.82) is 0 Å². The number of fused-ring (bicyclic) bond motifs is 1. The van der Waals surface area contributed by atoms with Crippen LogP contribution in [0.2, 0.25) is 0 Å². The summed E-state index contributed by atoms with van der Waals surface area (Å²) in [6, 6.07) is 2.41. The van der Waals surface area contributed by atoms with Crippen molar-refractivity contribution < 1.29 is 4.74 Å². The summed E-state index contributed by atoms with van der Waals surface area (Å²) in [5.74, 6) is 1.55. The van der Waals surface area contributed by atoms with E-state index >= 15 is 0 Å². The number of pyridine rings is 1. The van der Waals surface area contributed by atoms with E-state index in [1.807, 2.05) is 25.4 Å². The summed E-state index contributed by atoms with van der Waals surface area (Å²) < 4.78 is 7.77. The van der Waals surface area contributed by atoms with E-state index in [4.69, 9.17) is 16.3 Å². The number of nitrogens with zero attached hydrogens (tertiary/aromatic N) is 3. The Morgan fingerprint density at radius 3 is 2.80 bits per heavy atom. The van der Waals surface area contributed by atoms with Gasteiger partial charge in [-0.1, -0.05) is 0 Å². The lowest BCUT2D eigenvalue weighted by Crippen LogP contribution is -2.25. The lowest BCUT2D eigenvalue weighted by atomic mass is 9.92. The van der Waals surface area contributed by atoms with Gasteiger partial charge in [0.1, 0.15) is 11.3 Å². The minimum atomic E-state index is -0.107. The average Bonchev–Trinajstić information content (AvgIpc) is 2.87. The molecule has 1 aliphatic heterocycles. The predicted molar refractivity (Wildman–Crippen MR) is 80.1 cm³/mol. The molecular weight excluding hydrogens is 274 g/mol. The van der Waals surface area contributed by atoms with E-state index in [2.05, 4.69) is 21.5 Å². The second-order valence-corrected chi connectivity index (χ2v) is 6.17. The zero-order chi connectivity index (χ0) is 14.1. The van der Waals surface area contributed by atoms with Crippen LogP contribution in [0, 0.1) is 5.92 Å². The van der Waals surface area contributed by atoms with Crippen molar-refractivity contribution in [1.82, 2.24) is 14.5 Å². The first kappa shape index (κ1) is 13.8. The van der Waals surface area contributed by atoms with Crippen molar-refractivity contribution >= 4 is 22.6 Å². The van der Waals surface area contributed by atoms with Crippen LogP contribution in [0.1, 0.15) is 43.9 Å². The fourth-order valence-electron chi connectivity index (χ4n) is 3.09. The third kappa shape index (κ3) is 2.42. The number of halogens is 1. The lowest BCUT2D eigenvalue weighted by molar-refractivity contribution is 0.0515. The SMILES string of the molecule is CC(Cl)c1nc2cnccc2n1C(C)C1CCOCC1. The van der Waals surface area contributed by atoms with Crippen molar-refractivity contribution in [3.8, 4) is 0 Å². The Kier molecular flexibility index (Phi) is 3.94. The number of alkyl halides is 1. The molecule has 0 aliphatic carbocycles. The Bertz CT molecular complexity index is 590. The lowest BCUT2D eigenvalue weighted by Gasteiger charge is -2.30. The highest BCUT2D eigenvalue weighted by Crippen LogP contribution is 2.34. The quantitative estimate of drug-likeness (QED) is 0.810. The summed E-state index contributed by atoms with van der Waals surface area (Å²) in [5, 5.41) is -0.107. The van der Waals surface area contributed by atoms with Crippen molar-refractivity contribution in [2.45, 2.75) is 38.1 Å². The molecule has 3 rings (SSSR count). The second kappa shape index (κ2) is 5.70. The van der Waals surface area contributed by atoms with Gasteiger partial charge in [-0.2, -0.15) is 0 Å². The first-order chi connectivity index (χ1) is 9.68. The van der Waals surface area contributed by atoms with E-state index in [1.165, 1.54) is 0 Å². The zero-order valence-corrected chi connectivity index (χ0v) is 12.7. The minimum absolute atomic E-state index is 0.107. The topological polar surface area (TPSA) is 39.9 Å². The van der Waals surface area contributed by atoms with E-state index in [0.717, 1.165) is 42.9 Å². The molecular formula is C15H20ClN3O. The van der Waals surface area contributed by atoms with Gasteiger partial charge in [0, 0.05) is 25.5 Å². The molecule has 1 fully saturated rings. The number of hydrogen-bond acceptors (Lipinski definition) is 3. The minimum Gasteiger partial charge on any atom is -0.381 e. The van der Waals surface area contributed by atoms with E-state index < -0.39 is 0 Å². The molecule has 0 bridgehead atoms. The molecule has 0 N–H and O–H groups in total. The maximum absolute atomic E-state index is 6.33. The predicted octanol–water partition coefficient (Wildman–Crippen LogP) is 3.72. The molecule has 5 heteroatoms. The standard InChI is InChI=1S/C15H20ClN3O/c1-10(16)15-18-13-9-17-6-3-14(13)19(15)11(2)12-4-7-20-8-5-12/h3,6,9-12H,4-5,7-8H2,1-2H3. The summed E-state index contributed by atoms with van der Waals surface area (Å²) in [4.78, 5) is 8.82. The van der Waals surface area contributed by atoms with Gasteiger partial charge in [-0.3, -0.25) is 4.98 Å². The largest absolute Gasteiger partial charge is 0.381 e. The molecule has 2 unspecified atom stereocenters. The van der Waals surface area contributed by atoms with E-state index in [0.29, 0.717) is 12.0 Å². The van der Waals surface area contributed by atoms with E-state index in [-0.39, 0.29) is 5.38 Å². The molecule has 0 spiro atoms. The van der Waals surface area contributed by atoms with Crippen LogP contribution in [0.25, 0.3) is 11.0 Å². The third-order valence-corrected chi connectivity index (χ3v) is 4.43. The molecule has 0 aromatic carbocycles. The fourth-order valence-corrected chi connectivity index (χ4v) is 3.24. The van der Waals surface area contributed by atoms with Crippen LogP contribution >= 0.6 is 11.6 Å². The molecule has 108 valence electrons. The monoisotopic (exact) mass is 293 g/mol. The number of aromatic nitrogens is 3. The van der Waals surface area contributed by atoms with Crippen LogP contribution < -0.4 is 0 Å². The molecule has 3 heterocycles. The first-order valence-electron chi connectivity index (χ1n) is 7.22. The summed E-state index contributed by atoms with van der Waals surface area (Å²) in [6.07, 6.45) is 5.83. The third-order valence-electron chi connectivity index (χ3n) is 4.23. The maximum atomic E-state index is 6.33. The average molecular weight is 294 g/mol. The summed E-state index contributed by atoms with van der Waals surface area (Å²) in [7, 11) is 0. The molecule has 2 aromatic rings. The van der Waals surface area contributed by atoms with Gasteiger partial charge >= 0.3 is 0 Å². The van der Waals surface area contributed by atoms with Crippen molar-refractivity contribution in [2.75, 3.05) is 13.2 Å². The first-order valence-corrected chi connectivity index (χ1v) is 7.65. The fraction of sp³-hybridized carbons (Fsp3) is 0.600. The molecule has 1 saturated heterocycles. The van der Waals surface area contributed by atoms with Crippen molar-refractivity contribution in [2.24, 2.45) is 5.92 Å². The van der Waals surface area contributed by atoms with Crippen LogP contribution in [-0.4, -0.2) is 27.7 Å². The molecule has 0 amide bonds. The van der Waals surface area contributed by atoms with Gasteiger partial charge in [-0.15, -0.1) is 11.6 Å². The van der Waals surface area contributed by atoms with Gasteiger partial charge < -0.3 is 9.30 Å². The summed E-state index contributed by atoms with van der Waals surface area (Å²) >= 11 is 6.33.